The molecule has 3 rings (SSSR count). The first-order chi connectivity index (χ1) is 9.24. The van der Waals surface area contributed by atoms with Gasteiger partial charge in [-0.3, -0.25) is 4.79 Å². The number of aromatic nitrogens is 2. The average molecular weight is 259 g/mol. The Hall–Kier alpha value is -2.04. The Bertz CT molecular complexity index is 585. The van der Waals surface area contributed by atoms with Crippen molar-refractivity contribution >= 4 is 5.91 Å². The summed E-state index contributed by atoms with van der Waals surface area (Å²) in [5, 5.41) is 2.95. The van der Waals surface area contributed by atoms with Gasteiger partial charge in [0.05, 0.1) is 6.26 Å². The van der Waals surface area contributed by atoms with E-state index in [4.69, 9.17) is 4.42 Å². The number of hydrogen-bond acceptors (Lipinski definition) is 3. The third-order valence-electron chi connectivity index (χ3n) is 3.67. The molecule has 1 aliphatic heterocycles. The SMILES string of the molecule is Cc1ccoc1C(=O)NC[C@@H]1CCn2ccnc2C1. The van der Waals surface area contributed by atoms with E-state index in [9.17, 15) is 4.79 Å². The fraction of sp³-hybridized carbons (Fsp3) is 0.429. The van der Waals surface area contributed by atoms with E-state index < -0.39 is 0 Å². The van der Waals surface area contributed by atoms with Gasteiger partial charge in [-0.25, -0.2) is 4.98 Å². The van der Waals surface area contributed by atoms with Crippen molar-refractivity contribution in [3.05, 3.63) is 41.9 Å². The molecule has 1 aliphatic rings. The van der Waals surface area contributed by atoms with Crippen LogP contribution in [0.2, 0.25) is 0 Å². The second kappa shape index (κ2) is 4.91. The second-order valence-electron chi connectivity index (χ2n) is 5.04. The van der Waals surface area contributed by atoms with Gasteiger partial charge in [0, 0.05) is 37.5 Å². The molecule has 0 saturated heterocycles. The number of aryl methyl sites for hydroxylation is 2. The van der Waals surface area contributed by atoms with E-state index in [1.807, 2.05) is 19.3 Å². The normalized spacial score (nSPS) is 18.1. The number of imidazole rings is 1. The maximum atomic E-state index is 11.9. The molecule has 0 unspecified atom stereocenters. The van der Waals surface area contributed by atoms with Gasteiger partial charge in [0.15, 0.2) is 5.76 Å². The zero-order valence-electron chi connectivity index (χ0n) is 10.9. The molecular formula is C14H17N3O2. The van der Waals surface area contributed by atoms with Crippen LogP contribution in [-0.4, -0.2) is 22.0 Å². The lowest BCUT2D eigenvalue weighted by molar-refractivity contribution is 0.0916. The Morgan fingerprint density at radius 3 is 3.32 bits per heavy atom. The van der Waals surface area contributed by atoms with Gasteiger partial charge in [0.2, 0.25) is 0 Å². The molecule has 2 aromatic rings. The molecule has 1 amide bonds. The van der Waals surface area contributed by atoms with Crippen LogP contribution in [0.25, 0.3) is 0 Å². The maximum absolute atomic E-state index is 11.9. The first-order valence-electron chi connectivity index (χ1n) is 6.56. The van der Waals surface area contributed by atoms with Crippen molar-refractivity contribution < 1.29 is 9.21 Å². The predicted octanol–water partition coefficient (Wildman–Crippen LogP) is 1.78. The van der Waals surface area contributed by atoms with Crippen molar-refractivity contribution in [1.82, 2.24) is 14.9 Å². The van der Waals surface area contributed by atoms with E-state index in [0.29, 0.717) is 18.2 Å². The molecule has 100 valence electrons. The average Bonchev–Trinajstić information content (AvgIpc) is 3.03. The van der Waals surface area contributed by atoms with Crippen LogP contribution in [0, 0.1) is 12.8 Å². The molecule has 0 saturated carbocycles. The summed E-state index contributed by atoms with van der Waals surface area (Å²) in [6.07, 6.45) is 7.38. The minimum Gasteiger partial charge on any atom is -0.459 e. The molecule has 1 atom stereocenters. The summed E-state index contributed by atoms with van der Waals surface area (Å²) in [6, 6.07) is 1.80. The Morgan fingerprint density at radius 2 is 2.53 bits per heavy atom. The molecule has 0 aliphatic carbocycles. The first kappa shape index (κ1) is 12.0. The number of hydrogen-bond donors (Lipinski definition) is 1. The quantitative estimate of drug-likeness (QED) is 0.914. The lowest BCUT2D eigenvalue weighted by Crippen LogP contribution is -2.33. The highest BCUT2D eigenvalue weighted by Crippen LogP contribution is 2.18. The number of nitrogens with zero attached hydrogens (tertiary/aromatic N) is 2. The Balaban J connectivity index is 1.56. The summed E-state index contributed by atoms with van der Waals surface area (Å²) in [5.41, 5.74) is 0.872. The topological polar surface area (TPSA) is 60.1 Å². The molecule has 0 radical (unpaired) electrons. The molecule has 0 bridgehead atoms. The third-order valence-corrected chi connectivity index (χ3v) is 3.67. The van der Waals surface area contributed by atoms with Crippen molar-refractivity contribution in [2.75, 3.05) is 6.54 Å². The van der Waals surface area contributed by atoms with Gasteiger partial charge in [-0.15, -0.1) is 0 Å². The highest BCUT2D eigenvalue weighted by Gasteiger charge is 2.20. The zero-order valence-corrected chi connectivity index (χ0v) is 10.9. The van der Waals surface area contributed by atoms with Crippen LogP contribution < -0.4 is 5.32 Å². The summed E-state index contributed by atoms with van der Waals surface area (Å²) in [7, 11) is 0. The van der Waals surface area contributed by atoms with Crippen molar-refractivity contribution in [1.29, 1.82) is 0 Å². The number of fused-ring (bicyclic) bond motifs is 1. The van der Waals surface area contributed by atoms with Gasteiger partial charge < -0.3 is 14.3 Å². The van der Waals surface area contributed by atoms with Gasteiger partial charge in [-0.2, -0.15) is 0 Å². The van der Waals surface area contributed by atoms with E-state index in [0.717, 1.165) is 30.8 Å². The summed E-state index contributed by atoms with van der Waals surface area (Å²) in [4.78, 5) is 16.3. The molecule has 5 heteroatoms. The molecule has 2 aromatic heterocycles. The Labute approximate surface area is 111 Å². The van der Waals surface area contributed by atoms with Gasteiger partial charge in [-0.05, 0) is 25.3 Å². The molecule has 5 nitrogen and oxygen atoms in total. The smallest absolute Gasteiger partial charge is 0.287 e. The van der Waals surface area contributed by atoms with Crippen molar-refractivity contribution in [3.8, 4) is 0 Å². The summed E-state index contributed by atoms with van der Waals surface area (Å²) >= 11 is 0. The molecule has 19 heavy (non-hydrogen) atoms. The van der Waals surface area contributed by atoms with Crippen LogP contribution in [0.15, 0.2) is 29.1 Å². The monoisotopic (exact) mass is 259 g/mol. The van der Waals surface area contributed by atoms with Crippen LogP contribution >= 0.6 is 0 Å². The van der Waals surface area contributed by atoms with Crippen molar-refractivity contribution in [2.45, 2.75) is 26.3 Å². The number of nitrogens with one attached hydrogen (secondary N) is 1. The molecule has 1 N–H and O–H groups in total. The number of carbonyl (C=O) groups excluding carboxylic acids is 1. The highest BCUT2D eigenvalue weighted by molar-refractivity contribution is 5.92. The van der Waals surface area contributed by atoms with E-state index in [-0.39, 0.29) is 5.91 Å². The summed E-state index contributed by atoms with van der Waals surface area (Å²) < 4.78 is 7.36. The third kappa shape index (κ3) is 2.41. The van der Waals surface area contributed by atoms with Crippen molar-refractivity contribution in [3.63, 3.8) is 0 Å². The van der Waals surface area contributed by atoms with Gasteiger partial charge in [-0.1, -0.05) is 0 Å². The number of rotatable bonds is 3. The second-order valence-corrected chi connectivity index (χ2v) is 5.04. The molecule has 0 spiro atoms. The van der Waals surface area contributed by atoms with Gasteiger partial charge >= 0.3 is 0 Å². The summed E-state index contributed by atoms with van der Waals surface area (Å²) in [5.74, 6) is 1.85. The zero-order chi connectivity index (χ0) is 13.2. The minimum absolute atomic E-state index is 0.128. The summed E-state index contributed by atoms with van der Waals surface area (Å²) in [6.45, 7) is 3.53. The largest absolute Gasteiger partial charge is 0.459 e. The molecular weight excluding hydrogens is 242 g/mol. The molecule has 0 aromatic carbocycles. The van der Waals surface area contributed by atoms with Crippen molar-refractivity contribution in [2.24, 2.45) is 5.92 Å². The molecule has 0 fully saturated rings. The number of carbonyl (C=O) groups is 1. The van der Waals surface area contributed by atoms with E-state index in [2.05, 4.69) is 14.9 Å². The number of furan rings is 1. The minimum atomic E-state index is -0.128. The lowest BCUT2D eigenvalue weighted by atomic mass is 9.98. The van der Waals surface area contributed by atoms with Crippen LogP contribution in [0.5, 0.6) is 0 Å². The van der Waals surface area contributed by atoms with E-state index >= 15 is 0 Å². The van der Waals surface area contributed by atoms with Crippen LogP contribution in [0.3, 0.4) is 0 Å². The van der Waals surface area contributed by atoms with Crippen LogP contribution in [0.4, 0.5) is 0 Å². The van der Waals surface area contributed by atoms with Gasteiger partial charge in [0.25, 0.3) is 5.91 Å². The highest BCUT2D eigenvalue weighted by atomic mass is 16.3. The first-order valence-corrected chi connectivity index (χ1v) is 6.56. The van der Waals surface area contributed by atoms with E-state index in [1.165, 1.54) is 0 Å². The predicted molar refractivity (Wildman–Crippen MR) is 69.8 cm³/mol. The van der Waals surface area contributed by atoms with Gasteiger partial charge in [0.1, 0.15) is 5.82 Å². The Morgan fingerprint density at radius 1 is 1.63 bits per heavy atom. The maximum Gasteiger partial charge on any atom is 0.287 e. The lowest BCUT2D eigenvalue weighted by Gasteiger charge is -2.23. The fourth-order valence-electron chi connectivity index (χ4n) is 2.51. The van der Waals surface area contributed by atoms with E-state index in [1.54, 1.807) is 12.3 Å². The number of amides is 1. The standard InChI is InChI=1S/C14H17N3O2/c1-10-3-7-19-13(10)14(18)16-9-11-2-5-17-6-4-15-12(17)8-11/h3-4,6-7,11H,2,5,8-9H2,1H3,(H,16,18)/t11-/m1/s1. The molecule has 3 heterocycles. The van der Waals surface area contributed by atoms with Crippen LogP contribution in [0.1, 0.15) is 28.4 Å². The Kier molecular flexibility index (Phi) is 3.11. The van der Waals surface area contributed by atoms with Crippen LogP contribution in [-0.2, 0) is 13.0 Å². The fourth-order valence-corrected chi connectivity index (χ4v) is 2.51.